The second-order valence-corrected chi connectivity index (χ2v) is 7.88. The van der Waals surface area contributed by atoms with Crippen LogP contribution in [0.4, 0.5) is 0 Å². The molecule has 2 aliphatic rings. The molecule has 0 radical (unpaired) electrons. The Labute approximate surface area is 118 Å². The third-order valence-corrected chi connectivity index (χ3v) is 5.57. The zero-order valence-electron chi connectivity index (χ0n) is 11.2. The lowest BCUT2D eigenvalue weighted by Gasteiger charge is -2.17. The van der Waals surface area contributed by atoms with Gasteiger partial charge in [0.05, 0.1) is 18.1 Å². The molecule has 0 aromatic carbocycles. The monoisotopic (exact) mass is 304 g/mol. The molecule has 2 N–H and O–H groups in total. The maximum absolute atomic E-state index is 11.8. The first-order valence-electron chi connectivity index (χ1n) is 6.78. The average molecular weight is 304 g/mol. The molecule has 2 heterocycles. The summed E-state index contributed by atoms with van der Waals surface area (Å²) in [5.41, 5.74) is 0. The quantitative estimate of drug-likeness (QED) is 0.681. The Bertz CT molecular complexity index is 490. The summed E-state index contributed by atoms with van der Waals surface area (Å²) in [6, 6.07) is -0.273. The van der Waals surface area contributed by atoms with E-state index in [0.29, 0.717) is 19.5 Å². The highest BCUT2D eigenvalue weighted by Crippen LogP contribution is 2.19. The van der Waals surface area contributed by atoms with Crippen molar-refractivity contribution in [1.29, 1.82) is 0 Å². The Kier molecular flexibility index (Phi) is 4.64. The lowest BCUT2D eigenvalue weighted by molar-refractivity contribution is -0.138. The number of rotatable bonds is 5. The molecule has 0 aromatic heterocycles. The molecule has 2 rings (SSSR count). The molecule has 0 aliphatic carbocycles. The zero-order chi connectivity index (χ0) is 14.8. The van der Waals surface area contributed by atoms with Crippen LogP contribution < -0.4 is 5.32 Å². The van der Waals surface area contributed by atoms with Gasteiger partial charge < -0.3 is 10.4 Å². The Balaban J connectivity index is 1.72. The maximum Gasteiger partial charge on any atom is 0.303 e. The van der Waals surface area contributed by atoms with Crippen LogP contribution in [0.15, 0.2) is 0 Å². The van der Waals surface area contributed by atoms with Gasteiger partial charge in [0.2, 0.25) is 5.91 Å². The van der Waals surface area contributed by atoms with E-state index < -0.39 is 15.8 Å². The molecule has 2 fully saturated rings. The summed E-state index contributed by atoms with van der Waals surface area (Å²) in [5.74, 6) is -0.712. The van der Waals surface area contributed by atoms with Gasteiger partial charge in [-0.1, -0.05) is 0 Å². The molecule has 114 valence electrons. The van der Waals surface area contributed by atoms with Crippen LogP contribution in [0, 0.1) is 5.92 Å². The van der Waals surface area contributed by atoms with E-state index in [-0.39, 0.29) is 42.3 Å². The maximum atomic E-state index is 11.8. The molecule has 0 spiro atoms. The van der Waals surface area contributed by atoms with Crippen LogP contribution in [-0.2, 0) is 19.4 Å². The van der Waals surface area contributed by atoms with Gasteiger partial charge in [-0.05, 0) is 25.3 Å². The summed E-state index contributed by atoms with van der Waals surface area (Å²) in [6.45, 7) is 1.55. The number of nitrogens with one attached hydrogen (secondary N) is 1. The molecule has 2 unspecified atom stereocenters. The lowest BCUT2D eigenvalue weighted by Crippen LogP contribution is -2.42. The number of likely N-dealkylation sites (tertiary alicyclic amines) is 1. The van der Waals surface area contributed by atoms with E-state index in [0.717, 1.165) is 6.42 Å². The fraction of sp³-hybridized carbons (Fsp3) is 0.833. The molecule has 2 aliphatic heterocycles. The predicted molar refractivity (Wildman–Crippen MR) is 72.0 cm³/mol. The first-order chi connectivity index (χ1) is 9.34. The second-order valence-electron chi connectivity index (χ2n) is 5.66. The summed E-state index contributed by atoms with van der Waals surface area (Å²) in [7, 11) is -2.98. The van der Waals surface area contributed by atoms with Crippen molar-refractivity contribution in [2.24, 2.45) is 5.92 Å². The molecule has 0 bridgehead atoms. The number of nitrogens with zero attached hydrogens (tertiary/aromatic N) is 1. The van der Waals surface area contributed by atoms with Crippen LogP contribution in [0.3, 0.4) is 0 Å². The minimum absolute atomic E-state index is 0.0282. The summed E-state index contributed by atoms with van der Waals surface area (Å²) in [6.07, 6.45) is 1.41. The van der Waals surface area contributed by atoms with Gasteiger partial charge in [0.1, 0.15) is 0 Å². The van der Waals surface area contributed by atoms with Crippen molar-refractivity contribution in [1.82, 2.24) is 10.2 Å². The van der Waals surface area contributed by atoms with Crippen LogP contribution in [0.1, 0.15) is 19.3 Å². The molecule has 20 heavy (non-hydrogen) atoms. The molecule has 0 aromatic rings. The van der Waals surface area contributed by atoms with Crippen molar-refractivity contribution in [2.75, 3.05) is 31.1 Å². The SMILES string of the molecule is O=C(O)CC1CCN(CC(=O)NC2CCS(=O)(=O)C2)C1. The largest absolute Gasteiger partial charge is 0.481 e. The first-order valence-corrected chi connectivity index (χ1v) is 8.60. The number of carboxylic acid groups (broad SMARTS) is 1. The van der Waals surface area contributed by atoms with Gasteiger partial charge in [0.25, 0.3) is 0 Å². The molecular formula is C12H20N2O5S. The third-order valence-electron chi connectivity index (χ3n) is 3.80. The van der Waals surface area contributed by atoms with E-state index in [4.69, 9.17) is 5.11 Å². The Morgan fingerprint density at radius 3 is 2.65 bits per heavy atom. The van der Waals surface area contributed by atoms with Crippen LogP contribution in [0.2, 0.25) is 0 Å². The Hall–Kier alpha value is -1.15. The van der Waals surface area contributed by atoms with E-state index in [2.05, 4.69) is 5.32 Å². The summed E-state index contributed by atoms with van der Waals surface area (Å²) < 4.78 is 22.6. The van der Waals surface area contributed by atoms with Crippen molar-refractivity contribution in [2.45, 2.75) is 25.3 Å². The van der Waals surface area contributed by atoms with E-state index >= 15 is 0 Å². The average Bonchev–Trinajstić information content (AvgIpc) is 2.85. The van der Waals surface area contributed by atoms with Crippen molar-refractivity contribution in [3.63, 3.8) is 0 Å². The van der Waals surface area contributed by atoms with Crippen LogP contribution in [-0.4, -0.2) is 67.5 Å². The summed E-state index contributed by atoms with van der Waals surface area (Å²) in [4.78, 5) is 24.4. The Morgan fingerprint density at radius 2 is 2.05 bits per heavy atom. The summed E-state index contributed by atoms with van der Waals surface area (Å²) in [5, 5.41) is 11.5. The number of sulfone groups is 1. The number of amides is 1. The fourth-order valence-electron chi connectivity index (χ4n) is 2.86. The highest BCUT2D eigenvalue weighted by Gasteiger charge is 2.30. The second kappa shape index (κ2) is 6.09. The van der Waals surface area contributed by atoms with E-state index in [1.165, 1.54) is 0 Å². The van der Waals surface area contributed by atoms with E-state index in [1.54, 1.807) is 0 Å². The molecule has 2 saturated heterocycles. The van der Waals surface area contributed by atoms with Crippen molar-refractivity contribution in [3.8, 4) is 0 Å². The van der Waals surface area contributed by atoms with Gasteiger partial charge in [-0.3, -0.25) is 14.5 Å². The number of carbonyl (C=O) groups is 2. The minimum atomic E-state index is -2.98. The standard InChI is InChI=1S/C12H20N2O5S/c15-11(13-10-2-4-20(18,19)8-10)7-14-3-1-9(6-14)5-12(16)17/h9-10H,1-8H2,(H,13,15)(H,16,17). The van der Waals surface area contributed by atoms with Crippen molar-refractivity contribution < 1.29 is 23.1 Å². The molecule has 1 amide bonds. The topological polar surface area (TPSA) is 104 Å². The van der Waals surface area contributed by atoms with E-state index in [1.807, 2.05) is 4.90 Å². The van der Waals surface area contributed by atoms with Gasteiger partial charge in [-0.25, -0.2) is 8.42 Å². The van der Waals surface area contributed by atoms with Crippen molar-refractivity contribution in [3.05, 3.63) is 0 Å². The molecular weight excluding hydrogens is 284 g/mol. The van der Waals surface area contributed by atoms with Crippen LogP contribution in [0.25, 0.3) is 0 Å². The van der Waals surface area contributed by atoms with Gasteiger partial charge in [-0.2, -0.15) is 0 Å². The highest BCUT2D eigenvalue weighted by molar-refractivity contribution is 7.91. The lowest BCUT2D eigenvalue weighted by atomic mass is 10.1. The summed E-state index contributed by atoms with van der Waals surface area (Å²) >= 11 is 0. The van der Waals surface area contributed by atoms with E-state index in [9.17, 15) is 18.0 Å². The van der Waals surface area contributed by atoms with Gasteiger partial charge >= 0.3 is 5.97 Å². The number of carboxylic acids is 1. The number of hydrogen-bond donors (Lipinski definition) is 2. The molecule has 0 saturated carbocycles. The molecule has 7 nitrogen and oxygen atoms in total. The zero-order valence-corrected chi connectivity index (χ0v) is 12.1. The molecule has 2 atom stereocenters. The van der Waals surface area contributed by atoms with Crippen LogP contribution >= 0.6 is 0 Å². The molecule has 8 heteroatoms. The normalized spacial score (nSPS) is 29.4. The number of carbonyl (C=O) groups excluding carboxylic acids is 1. The fourth-order valence-corrected chi connectivity index (χ4v) is 4.53. The Morgan fingerprint density at radius 1 is 1.30 bits per heavy atom. The van der Waals surface area contributed by atoms with Gasteiger partial charge in [0.15, 0.2) is 9.84 Å². The first kappa shape index (κ1) is 15.2. The predicted octanol–water partition coefficient (Wildman–Crippen LogP) is -0.914. The van der Waals surface area contributed by atoms with Gasteiger partial charge in [-0.15, -0.1) is 0 Å². The third kappa shape index (κ3) is 4.45. The highest BCUT2D eigenvalue weighted by atomic mass is 32.2. The minimum Gasteiger partial charge on any atom is -0.481 e. The number of aliphatic carboxylic acids is 1. The smallest absolute Gasteiger partial charge is 0.303 e. The van der Waals surface area contributed by atoms with Crippen molar-refractivity contribution >= 4 is 21.7 Å². The number of hydrogen-bond acceptors (Lipinski definition) is 5. The van der Waals surface area contributed by atoms with Crippen LogP contribution in [0.5, 0.6) is 0 Å². The van der Waals surface area contributed by atoms with Gasteiger partial charge in [0, 0.05) is 19.0 Å².